The molecule has 1 aromatic heterocycles. The van der Waals surface area contributed by atoms with E-state index in [1.165, 1.54) is 0 Å². The second-order valence-electron chi connectivity index (χ2n) is 4.17. The lowest BCUT2D eigenvalue weighted by molar-refractivity contribution is -0.143. The maximum Gasteiger partial charge on any atom is 0.320 e. The van der Waals surface area contributed by atoms with Crippen molar-refractivity contribution < 1.29 is 9.53 Å². The Morgan fingerprint density at radius 1 is 1.32 bits per heavy atom. The third-order valence-electron chi connectivity index (χ3n) is 2.45. The molecule has 0 aliphatic heterocycles. The summed E-state index contributed by atoms with van der Waals surface area (Å²) < 4.78 is 5.10. The van der Waals surface area contributed by atoms with E-state index in [1.54, 1.807) is 12.1 Å². The average Bonchev–Trinajstić information content (AvgIpc) is 2.35. The maximum absolute atomic E-state index is 11.5. The Bertz CT molecular complexity index is 393. The van der Waals surface area contributed by atoms with Gasteiger partial charge in [-0.15, -0.1) is 0 Å². The first kappa shape index (κ1) is 16.2. The zero-order chi connectivity index (χ0) is 14.1. The van der Waals surface area contributed by atoms with Crippen molar-refractivity contribution in [3.05, 3.63) is 28.0 Å². The lowest BCUT2D eigenvalue weighted by Gasteiger charge is -2.06. The SMILES string of the molecule is CCCCCNCC(=O)OCc1cc(Cl)nc(Cl)c1. The molecule has 19 heavy (non-hydrogen) atoms. The van der Waals surface area contributed by atoms with E-state index < -0.39 is 0 Å². The fourth-order valence-electron chi connectivity index (χ4n) is 1.50. The summed E-state index contributed by atoms with van der Waals surface area (Å²) in [6, 6.07) is 3.24. The van der Waals surface area contributed by atoms with Gasteiger partial charge in [-0.05, 0) is 30.7 Å². The molecule has 0 aliphatic carbocycles. The molecular formula is C13H18Cl2N2O2. The van der Waals surface area contributed by atoms with Crippen molar-refractivity contribution in [2.45, 2.75) is 32.8 Å². The van der Waals surface area contributed by atoms with Gasteiger partial charge in [-0.25, -0.2) is 4.98 Å². The van der Waals surface area contributed by atoms with Crippen LogP contribution >= 0.6 is 23.2 Å². The second kappa shape index (κ2) is 9.13. The molecule has 0 saturated heterocycles. The van der Waals surface area contributed by atoms with Gasteiger partial charge in [0.2, 0.25) is 0 Å². The first-order valence-electron chi connectivity index (χ1n) is 6.30. The molecule has 0 aromatic carbocycles. The van der Waals surface area contributed by atoms with Crippen molar-refractivity contribution in [3.63, 3.8) is 0 Å². The number of nitrogens with one attached hydrogen (secondary N) is 1. The number of aromatic nitrogens is 1. The molecule has 0 spiro atoms. The summed E-state index contributed by atoms with van der Waals surface area (Å²) in [5.74, 6) is -0.291. The van der Waals surface area contributed by atoms with Crippen LogP contribution in [0.4, 0.5) is 0 Å². The first-order chi connectivity index (χ1) is 9.11. The van der Waals surface area contributed by atoms with Crippen LogP contribution < -0.4 is 5.32 Å². The lowest BCUT2D eigenvalue weighted by atomic mass is 10.2. The predicted octanol–water partition coefficient (Wildman–Crippen LogP) is 3.21. The maximum atomic E-state index is 11.5. The van der Waals surface area contributed by atoms with Gasteiger partial charge in [-0.2, -0.15) is 0 Å². The molecule has 1 rings (SSSR count). The van der Waals surface area contributed by atoms with Gasteiger partial charge in [0.05, 0.1) is 6.54 Å². The second-order valence-corrected chi connectivity index (χ2v) is 4.94. The minimum absolute atomic E-state index is 0.150. The van der Waals surface area contributed by atoms with E-state index in [1.807, 2.05) is 0 Å². The van der Waals surface area contributed by atoms with Crippen LogP contribution in [0.1, 0.15) is 31.7 Å². The third kappa shape index (κ3) is 7.35. The van der Waals surface area contributed by atoms with Gasteiger partial charge in [-0.3, -0.25) is 4.79 Å². The number of hydrogen-bond donors (Lipinski definition) is 1. The lowest BCUT2D eigenvalue weighted by Crippen LogP contribution is -2.25. The van der Waals surface area contributed by atoms with E-state index in [9.17, 15) is 4.79 Å². The number of rotatable bonds is 8. The Hall–Kier alpha value is -0.840. The summed E-state index contributed by atoms with van der Waals surface area (Å²) in [6.07, 6.45) is 3.39. The van der Waals surface area contributed by atoms with Crippen LogP contribution in [0.5, 0.6) is 0 Å². The van der Waals surface area contributed by atoms with Gasteiger partial charge in [0.1, 0.15) is 16.9 Å². The molecule has 1 aromatic rings. The highest BCUT2D eigenvalue weighted by molar-refractivity contribution is 6.32. The molecule has 6 heteroatoms. The van der Waals surface area contributed by atoms with Crippen molar-refractivity contribution >= 4 is 29.2 Å². The zero-order valence-corrected chi connectivity index (χ0v) is 12.4. The summed E-state index contributed by atoms with van der Waals surface area (Å²) >= 11 is 11.5. The first-order valence-corrected chi connectivity index (χ1v) is 7.05. The van der Waals surface area contributed by atoms with Crippen molar-refractivity contribution in [2.24, 2.45) is 0 Å². The summed E-state index contributed by atoms with van der Waals surface area (Å²) in [4.78, 5) is 15.3. The number of ether oxygens (including phenoxy) is 1. The highest BCUT2D eigenvalue weighted by Crippen LogP contribution is 2.15. The van der Waals surface area contributed by atoms with E-state index in [-0.39, 0.29) is 29.4 Å². The molecule has 1 N–H and O–H groups in total. The average molecular weight is 305 g/mol. The molecule has 1 heterocycles. The number of carbonyl (C=O) groups is 1. The molecule has 0 atom stereocenters. The fourth-order valence-corrected chi connectivity index (χ4v) is 2.01. The summed E-state index contributed by atoms with van der Waals surface area (Å²) in [5.41, 5.74) is 0.726. The number of hydrogen-bond acceptors (Lipinski definition) is 4. The number of nitrogens with zero attached hydrogens (tertiary/aromatic N) is 1. The van der Waals surface area contributed by atoms with Crippen molar-refractivity contribution in [1.29, 1.82) is 0 Å². The van der Waals surface area contributed by atoms with E-state index in [4.69, 9.17) is 27.9 Å². The van der Waals surface area contributed by atoms with Crippen molar-refractivity contribution in [3.8, 4) is 0 Å². The molecule has 0 amide bonds. The summed E-state index contributed by atoms with van der Waals surface area (Å²) in [6.45, 7) is 3.34. The Balaban J connectivity index is 2.22. The van der Waals surface area contributed by atoms with Crippen LogP contribution in [-0.2, 0) is 16.1 Å². The zero-order valence-electron chi connectivity index (χ0n) is 10.9. The van der Waals surface area contributed by atoms with E-state index in [0.29, 0.717) is 0 Å². The molecule has 0 fully saturated rings. The highest BCUT2D eigenvalue weighted by atomic mass is 35.5. The number of pyridine rings is 1. The Labute approximate surface area is 123 Å². The molecule has 0 bridgehead atoms. The monoisotopic (exact) mass is 304 g/mol. The largest absolute Gasteiger partial charge is 0.460 e. The Morgan fingerprint density at radius 3 is 2.63 bits per heavy atom. The Kier molecular flexibility index (Phi) is 7.79. The topological polar surface area (TPSA) is 51.2 Å². The van der Waals surface area contributed by atoms with Crippen LogP contribution in [0, 0.1) is 0 Å². The van der Waals surface area contributed by atoms with E-state index in [2.05, 4.69) is 17.2 Å². The van der Waals surface area contributed by atoms with Crippen LogP contribution in [0.2, 0.25) is 10.3 Å². The standard InChI is InChI=1S/C13H18Cl2N2O2/c1-2-3-4-5-16-8-13(18)19-9-10-6-11(14)17-12(15)7-10/h6-7,16H,2-5,8-9H2,1H3. The van der Waals surface area contributed by atoms with Crippen LogP contribution in [0.3, 0.4) is 0 Å². The minimum Gasteiger partial charge on any atom is -0.460 e. The smallest absolute Gasteiger partial charge is 0.320 e. The fraction of sp³-hybridized carbons (Fsp3) is 0.538. The summed E-state index contributed by atoms with van der Waals surface area (Å²) in [5, 5.41) is 3.62. The number of carbonyl (C=O) groups excluding carboxylic acids is 1. The van der Waals surface area contributed by atoms with Gasteiger partial charge < -0.3 is 10.1 Å². The number of esters is 1. The molecule has 0 aliphatic rings. The molecule has 0 unspecified atom stereocenters. The quantitative estimate of drug-likeness (QED) is 0.455. The third-order valence-corrected chi connectivity index (χ3v) is 2.84. The van der Waals surface area contributed by atoms with Gasteiger partial charge >= 0.3 is 5.97 Å². The molecule has 0 radical (unpaired) electrons. The van der Waals surface area contributed by atoms with Crippen LogP contribution in [0.25, 0.3) is 0 Å². The Morgan fingerprint density at radius 2 is 2.00 bits per heavy atom. The van der Waals surface area contributed by atoms with Crippen molar-refractivity contribution in [2.75, 3.05) is 13.1 Å². The molecule has 106 valence electrons. The molecular weight excluding hydrogens is 287 g/mol. The van der Waals surface area contributed by atoms with Gasteiger partial charge in [-0.1, -0.05) is 43.0 Å². The van der Waals surface area contributed by atoms with Gasteiger partial charge in [0, 0.05) is 0 Å². The molecule has 0 saturated carbocycles. The normalized spacial score (nSPS) is 10.5. The molecule has 4 nitrogen and oxygen atoms in total. The minimum atomic E-state index is -0.291. The van der Waals surface area contributed by atoms with Gasteiger partial charge in [0.25, 0.3) is 0 Å². The number of unbranched alkanes of at least 4 members (excludes halogenated alkanes) is 2. The van der Waals surface area contributed by atoms with E-state index in [0.717, 1.165) is 31.4 Å². The van der Waals surface area contributed by atoms with Crippen LogP contribution in [-0.4, -0.2) is 24.0 Å². The summed E-state index contributed by atoms with van der Waals surface area (Å²) in [7, 11) is 0. The highest BCUT2D eigenvalue weighted by Gasteiger charge is 2.05. The van der Waals surface area contributed by atoms with Crippen LogP contribution in [0.15, 0.2) is 12.1 Å². The van der Waals surface area contributed by atoms with Gasteiger partial charge in [0.15, 0.2) is 0 Å². The predicted molar refractivity (Wildman–Crippen MR) is 76.4 cm³/mol. The number of halogens is 2. The van der Waals surface area contributed by atoms with Crippen molar-refractivity contribution in [1.82, 2.24) is 10.3 Å². The van der Waals surface area contributed by atoms with E-state index >= 15 is 0 Å².